The zero-order chi connectivity index (χ0) is 15.0. The molecule has 0 spiro atoms. The first kappa shape index (κ1) is 14.9. The third-order valence-electron chi connectivity index (χ3n) is 3.83. The van der Waals surface area contributed by atoms with E-state index in [1.807, 2.05) is 18.2 Å². The van der Waals surface area contributed by atoms with E-state index in [0.29, 0.717) is 17.4 Å². The van der Waals surface area contributed by atoms with Crippen molar-refractivity contribution in [3.05, 3.63) is 40.1 Å². The fourth-order valence-electron chi connectivity index (χ4n) is 2.79. The lowest BCUT2D eigenvalue weighted by molar-refractivity contribution is 0.143. The monoisotopic (exact) mass is 324 g/mol. The summed E-state index contributed by atoms with van der Waals surface area (Å²) in [7, 11) is 0. The van der Waals surface area contributed by atoms with Crippen LogP contribution in [0.2, 0.25) is 5.15 Å². The van der Waals surface area contributed by atoms with Crippen molar-refractivity contribution >= 4 is 35.3 Å². The van der Waals surface area contributed by atoms with Crippen LogP contribution < -0.4 is 5.73 Å². The van der Waals surface area contributed by atoms with Crippen LogP contribution in [0.5, 0.6) is 0 Å². The number of hydrogen-bond acceptors (Lipinski definition) is 5. The first-order valence-electron chi connectivity index (χ1n) is 6.85. The number of pyridine rings is 1. The fraction of sp³-hybridized carbons (Fsp3) is 0.400. The summed E-state index contributed by atoms with van der Waals surface area (Å²) in [6.45, 7) is 0.0159. The second kappa shape index (κ2) is 6.01. The minimum Gasteiger partial charge on any atom is -0.395 e. The Kier molecular flexibility index (Phi) is 4.26. The van der Waals surface area contributed by atoms with Gasteiger partial charge in [-0.15, -0.1) is 11.8 Å². The summed E-state index contributed by atoms with van der Waals surface area (Å²) < 4.78 is 0. The molecule has 3 unspecified atom stereocenters. The van der Waals surface area contributed by atoms with Gasteiger partial charge in [-0.25, -0.2) is 4.98 Å². The van der Waals surface area contributed by atoms with E-state index in [4.69, 9.17) is 17.3 Å². The molecule has 112 valence electrons. The number of nitrogens with two attached hydrogens (primary N) is 1. The average Bonchev–Trinajstić information content (AvgIpc) is 2.78. The van der Waals surface area contributed by atoms with Crippen LogP contribution in [0.4, 0.5) is 5.82 Å². The molecule has 21 heavy (non-hydrogen) atoms. The number of halogens is 1. The zero-order valence-corrected chi connectivity index (χ0v) is 12.9. The topological polar surface area (TPSA) is 79.4 Å². The highest BCUT2D eigenvalue weighted by atomic mass is 35.5. The van der Waals surface area contributed by atoms with Crippen molar-refractivity contribution < 1.29 is 10.2 Å². The van der Waals surface area contributed by atoms with Crippen molar-refractivity contribution in [2.24, 2.45) is 0 Å². The van der Waals surface area contributed by atoms with Crippen LogP contribution >= 0.6 is 23.4 Å². The van der Waals surface area contributed by atoms with Crippen LogP contribution in [0.15, 0.2) is 23.8 Å². The number of aliphatic hydroxyl groups is 2. The van der Waals surface area contributed by atoms with Gasteiger partial charge in [-0.1, -0.05) is 29.8 Å². The lowest BCUT2D eigenvalue weighted by Gasteiger charge is -2.16. The molecule has 0 amide bonds. The maximum absolute atomic E-state index is 9.85. The second-order valence-corrected chi connectivity index (χ2v) is 7.22. The second-order valence-electron chi connectivity index (χ2n) is 5.35. The molecule has 6 heteroatoms. The van der Waals surface area contributed by atoms with E-state index in [2.05, 4.69) is 11.1 Å². The molecule has 1 aliphatic heterocycles. The summed E-state index contributed by atoms with van der Waals surface area (Å²) in [4.78, 5) is 4.05. The molecule has 1 saturated heterocycles. The number of anilines is 1. The molecule has 0 bridgehead atoms. The molecule has 1 aromatic heterocycles. The highest BCUT2D eigenvalue weighted by Crippen LogP contribution is 2.36. The standard InChI is InChI=1S/C15H17ClN2O2S/c16-14-5-9-3-8(1-2-11(9)15(17)18-14)4-10-6-12(20)13(7-19)21-10/h1-2,4-5,10,12-13,19-20H,3,6-7H2,(H2,17,18)/b8-4+. The highest BCUT2D eigenvalue weighted by Gasteiger charge is 2.32. The largest absolute Gasteiger partial charge is 0.395 e. The number of allylic oxidation sites excluding steroid dienone is 2. The Morgan fingerprint density at radius 1 is 1.48 bits per heavy atom. The van der Waals surface area contributed by atoms with E-state index in [0.717, 1.165) is 17.5 Å². The predicted octanol–water partition coefficient (Wildman–Crippen LogP) is 2.04. The van der Waals surface area contributed by atoms with Gasteiger partial charge in [-0.2, -0.15) is 0 Å². The molecule has 1 aliphatic carbocycles. The van der Waals surface area contributed by atoms with Crippen LogP contribution in [0.25, 0.3) is 6.08 Å². The number of aromatic nitrogens is 1. The Morgan fingerprint density at radius 3 is 3.00 bits per heavy atom. The molecule has 3 atom stereocenters. The van der Waals surface area contributed by atoms with Crippen molar-refractivity contribution in [1.29, 1.82) is 0 Å². The number of fused-ring (bicyclic) bond motifs is 1. The Morgan fingerprint density at radius 2 is 2.29 bits per heavy atom. The maximum Gasteiger partial charge on any atom is 0.132 e. The molecular weight excluding hydrogens is 308 g/mol. The molecule has 2 aliphatic rings. The number of aliphatic hydroxyl groups excluding tert-OH is 2. The molecule has 0 aromatic carbocycles. The molecule has 1 aromatic rings. The summed E-state index contributed by atoms with van der Waals surface area (Å²) >= 11 is 7.58. The zero-order valence-electron chi connectivity index (χ0n) is 11.4. The Labute approximate surface area is 132 Å². The van der Waals surface area contributed by atoms with Gasteiger partial charge < -0.3 is 15.9 Å². The number of thioether (sulfide) groups is 1. The van der Waals surface area contributed by atoms with Crippen molar-refractivity contribution in [3.63, 3.8) is 0 Å². The van der Waals surface area contributed by atoms with Gasteiger partial charge in [0.05, 0.1) is 18.0 Å². The van der Waals surface area contributed by atoms with Gasteiger partial charge >= 0.3 is 0 Å². The van der Waals surface area contributed by atoms with E-state index in [9.17, 15) is 10.2 Å². The SMILES string of the molecule is Nc1nc(Cl)cc2c1C=C/C(=C\C1CC(O)C(CO)S1)C2. The maximum atomic E-state index is 9.85. The van der Waals surface area contributed by atoms with Gasteiger partial charge in [-0.3, -0.25) is 0 Å². The highest BCUT2D eigenvalue weighted by molar-refractivity contribution is 8.01. The molecule has 1 fully saturated rings. The average molecular weight is 325 g/mol. The quantitative estimate of drug-likeness (QED) is 0.725. The van der Waals surface area contributed by atoms with Gasteiger partial charge in [0.25, 0.3) is 0 Å². The first-order valence-corrected chi connectivity index (χ1v) is 8.17. The number of nitrogens with zero attached hydrogens (tertiary/aromatic N) is 1. The van der Waals surface area contributed by atoms with Crippen LogP contribution in [0.3, 0.4) is 0 Å². The minimum absolute atomic E-state index is 0.0159. The summed E-state index contributed by atoms with van der Waals surface area (Å²) in [5.74, 6) is 0.457. The summed E-state index contributed by atoms with van der Waals surface area (Å²) in [6.07, 6.45) is 7.16. The molecule has 2 heterocycles. The van der Waals surface area contributed by atoms with Crippen LogP contribution in [0.1, 0.15) is 17.5 Å². The van der Waals surface area contributed by atoms with E-state index in [-0.39, 0.29) is 17.1 Å². The molecule has 0 saturated carbocycles. The van der Waals surface area contributed by atoms with Gasteiger partial charge in [0, 0.05) is 10.8 Å². The van der Waals surface area contributed by atoms with Gasteiger partial charge in [-0.05, 0) is 30.0 Å². The first-order chi connectivity index (χ1) is 10.1. The molecular formula is C15H17ClN2O2S. The molecule has 4 nitrogen and oxygen atoms in total. The van der Waals surface area contributed by atoms with E-state index in [1.54, 1.807) is 11.8 Å². The minimum atomic E-state index is -0.434. The number of hydrogen-bond donors (Lipinski definition) is 3. The van der Waals surface area contributed by atoms with Crippen molar-refractivity contribution in [3.8, 4) is 0 Å². The smallest absolute Gasteiger partial charge is 0.132 e. The summed E-state index contributed by atoms with van der Waals surface area (Å²) in [5, 5.41) is 19.6. The Bertz CT molecular complexity index is 618. The van der Waals surface area contributed by atoms with Gasteiger partial charge in [0.15, 0.2) is 0 Å². The third-order valence-corrected chi connectivity index (χ3v) is 5.52. The normalized spacial score (nSPS) is 29.9. The molecule has 4 N–H and O–H groups in total. The molecule has 3 rings (SSSR count). The van der Waals surface area contributed by atoms with Crippen molar-refractivity contribution in [2.45, 2.75) is 29.4 Å². The third kappa shape index (κ3) is 3.11. The number of nitrogen functional groups attached to an aromatic ring is 1. The Hall–Kier alpha value is -1.01. The van der Waals surface area contributed by atoms with E-state index in [1.165, 1.54) is 5.57 Å². The van der Waals surface area contributed by atoms with Crippen molar-refractivity contribution in [1.82, 2.24) is 4.98 Å². The summed E-state index contributed by atoms with van der Waals surface area (Å²) in [6, 6.07) is 1.84. The lowest BCUT2D eigenvalue weighted by atomic mass is 9.93. The predicted molar refractivity (Wildman–Crippen MR) is 87.4 cm³/mol. The lowest BCUT2D eigenvalue weighted by Crippen LogP contribution is -2.20. The van der Waals surface area contributed by atoms with Crippen LogP contribution in [0, 0.1) is 0 Å². The summed E-state index contributed by atoms with van der Waals surface area (Å²) in [5.41, 5.74) is 9.05. The molecule has 0 radical (unpaired) electrons. The Balaban J connectivity index is 1.80. The van der Waals surface area contributed by atoms with Crippen LogP contribution in [-0.2, 0) is 6.42 Å². The van der Waals surface area contributed by atoms with E-state index >= 15 is 0 Å². The van der Waals surface area contributed by atoms with Crippen molar-refractivity contribution in [2.75, 3.05) is 12.3 Å². The number of rotatable bonds is 2. The van der Waals surface area contributed by atoms with Gasteiger partial charge in [0.1, 0.15) is 11.0 Å². The van der Waals surface area contributed by atoms with Gasteiger partial charge in [0.2, 0.25) is 0 Å². The van der Waals surface area contributed by atoms with E-state index < -0.39 is 6.10 Å². The van der Waals surface area contributed by atoms with Crippen LogP contribution in [-0.4, -0.2) is 38.4 Å². The fourth-order valence-corrected chi connectivity index (χ4v) is 4.40.